The van der Waals surface area contributed by atoms with Gasteiger partial charge in [0.2, 0.25) is 0 Å². The molecular weight excluding hydrogens is 222 g/mol. The van der Waals surface area contributed by atoms with Crippen LogP contribution in [0.25, 0.3) is 0 Å². The number of rotatable bonds is 8. The summed E-state index contributed by atoms with van der Waals surface area (Å²) < 4.78 is 2.76. The van der Waals surface area contributed by atoms with Crippen molar-refractivity contribution < 1.29 is 0 Å². The van der Waals surface area contributed by atoms with Gasteiger partial charge in [0.25, 0.3) is 0 Å². The van der Waals surface area contributed by atoms with Gasteiger partial charge in [0, 0.05) is 0 Å². The van der Waals surface area contributed by atoms with E-state index in [-0.39, 0.29) is 0 Å². The van der Waals surface area contributed by atoms with Crippen LogP contribution in [-0.4, -0.2) is 24.9 Å². The first-order valence-electron chi connectivity index (χ1n) is 6.83. The van der Waals surface area contributed by atoms with E-state index in [1.807, 2.05) is 0 Å². The highest BCUT2D eigenvalue weighted by Crippen LogP contribution is 2.36. The van der Waals surface area contributed by atoms with Gasteiger partial charge in [-0.25, -0.2) is 0 Å². The predicted molar refractivity (Wildman–Crippen MR) is 83.0 cm³/mol. The third kappa shape index (κ3) is 3.82. The number of allylic oxidation sites excluding steroid dienone is 2. The van der Waals surface area contributed by atoms with E-state index >= 15 is 0 Å². The molecule has 0 N–H and O–H groups in total. The average Bonchev–Trinajstić information content (AvgIpc) is 2.16. The number of hydrogen-bond donors (Lipinski definition) is 0. The van der Waals surface area contributed by atoms with E-state index < -0.39 is 8.24 Å². The van der Waals surface area contributed by atoms with Gasteiger partial charge in [0.15, 0.2) is 0 Å². The highest BCUT2D eigenvalue weighted by atomic mass is 28.3. The molecule has 0 aliphatic rings. The molecule has 0 aromatic carbocycles. The third-order valence-corrected chi connectivity index (χ3v) is 9.90. The highest BCUT2D eigenvalue weighted by molar-refractivity contribution is 6.79. The van der Waals surface area contributed by atoms with Crippen molar-refractivity contribution in [3.05, 3.63) is 25.3 Å². The molecule has 0 saturated heterocycles. The molecule has 100 valence electrons. The van der Waals surface area contributed by atoms with Gasteiger partial charge >= 0.3 is 0 Å². The van der Waals surface area contributed by atoms with Gasteiger partial charge in [-0.1, -0.05) is 53.7 Å². The van der Waals surface area contributed by atoms with E-state index in [1.54, 1.807) is 0 Å². The normalized spacial score (nSPS) is 12.8. The fraction of sp³-hybridized carbons (Fsp3) is 0.733. The fourth-order valence-electron chi connectivity index (χ4n) is 3.19. The summed E-state index contributed by atoms with van der Waals surface area (Å²) in [5.41, 5.74) is 0.725. The maximum absolute atomic E-state index is 3.98. The Hall–Kier alpha value is -0.343. The van der Waals surface area contributed by atoms with Crippen LogP contribution < -0.4 is 0 Å². The van der Waals surface area contributed by atoms with Crippen molar-refractivity contribution in [3.63, 3.8) is 0 Å². The standard InChI is InChI=1S/C15H31NSi/c1-9-11-17(12-10-2,15(7)8)16(13(3)4)14(5)6/h9-10,13-15H,1-2,11-12H2,3-8H3. The van der Waals surface area contributed by atoms with Crippen LogP contribution in [0.5, 0.6) is 0 Å². The Labute approximate surface area is 110 Å². The van der Waals surface area contributed by atoms with Gasteiger partial charge in [-0.2, -0.15) is 0 Å². The average molecular weight is 254 g/mol. The number of hydrogen-bond acceptors (Lipinski definition) is 1. The first kappa shape index (κ1) is 16.7. The monoisotopic (exact) mass is 253 g/mol. The Kier molecular flexibility index (Phi) is 7.03. The van der Waals surface area contributed by atoms with Crippen molar-refractivity contribution in [1.29, 1.82) is 0 Å². The molecule has 1 nitrogen and oxygen atoms in total. The molecule has 0 unspecified atom stereocenters. The molecule has 2 heteroatoms. The molecule has 0 aliphatic carbocycles. The lowest BCUT2D eigenvalue weighted by molar-refractivity contribution is 0.286. The largest absolute Gasteiger partial charge is 0.318 e. The van der Waals surface area contributed by atoms with Crippen LogP contribution in [0.1, 0.15) is 41.5 Å². The lowest BCUT2D eigenvalue weighted by atomic mass is 10.3. The minimum Gasteiger partial charge on any atom is -0.318 e. The van der Waals surface area contributed by atoms with Gasteiger partial charge in [0.05, 0.1) is 0 Å². The maximum atomic E-state index is 3.98. The van der Waals surface area contributed by atoms with Crippen molar-refractivity contribution in [1.82, 2.24) is 4.57 Å². The van der Waals surface area contributed by atoms with E-state index in [2.05, 4.69) is 71.4 Å². The summed E-state index contributed by atoms with van der Waals surface area (Å²) in [7, 11) is -1.53. The summed E-state index contributed by atoms with van der Waals surface area (Å²) in [5.74, 6) is 0. The Bertz CT molecular complexity index is 225. The molecule has 0 atom stereocenters. The molecule has 0 aromatic rings. The second kappa shape index (κ2) is 7.17. The summed E-state index contributed by atoms with van der Waals surface area (Å²) in [6, 6.07) is 3.52. The zero-order valence-corrected chi connectivity index (χ0v) is 13.7. The van der Waals surface area contributed by atoms with Crippen molar-refractivity contribution >= 4 is 8.24 Å². The summed E-state index contributed by atoms with van der Waals surface area (Å²) in [4.78, 5) is 0. The van der Waals surface area contributed by atoms with E-state index in [0.29, 0.717) is 12.1 Å². The molecule has 17 heavy (non-hydrogen) atoms. The van der Waals surface area contributed by atoms with E-state index in [9.17, 15) is 0 Å². The second-order valence-electron chi connectivity index (χ2n) is 5.84. The van der Waals surface area contributed by atoms with E-state index in [4.69, 9.17) is 0 Å². The van der Waals surface area contributed by atoms with Gasteiger partial charge in [0.1, 0.15) is 8.24 Å². The maximum Gasteiger partial charge on any atom is 0.138 e. The van der Waals surface area contributed by atoms with Crippen LogP contribution >= 0.6 is 0 Å². The topological polar surface area (TPSA) is 3.24 Å². The molecule has 0 fully saturated rings. The molecule has 0 bridgehead atoms. The van der Waals surface area contributed by atoms with Crippen LogP contribution in [0.4, 0.5) is 0 Å². The SMILES string of the molecule is C=CC[Si](CC=C)(C(C)C)N(C(C)C)C(C)C. The zero-order chi connectivity index (χ0) is 13.6. The quantitative estimate of drug-likeness (QED) is 0.442. The molecule has 0 rings (SSSR count). The minimum atomic E-state index is -1.53. The van der Waals surface area contributed by atoms with Gasteiger partial charge in [-0.05, 0) is 29.7 Å². The lowest BCUT2D eigenvalue weighted by Gasteiger charge is -2.49. The van der Waals surface area contributed by atoms with Crippen LogP contribution in [0.3, 0.4) is 0 Å². The number of nitrogens with zero attached hydrogens (tertiary/aromatic N) is 1. The summed E-state index contributed by atoms with van der Waals surface area (Å²) in [5, 5.41) is 0. The second-order valence-corrected chi connectivity index (χ2v) is 10.5. The summed E-state index contributed by atoms with van der Waals surface area (Å²) in [6.45, 7) is 22.0. The molecule has 0 amide bonds. The molecule has 0 saturated carbocycles. The van der Waals surface area contributed by atoms with Crippen molar-refractivity contribution in [3.8, 4) is 0 Å². The smallest absolute Gasteiger partial charge is 0.138 e. The Morgan fingerprint density at radius 2 is 1.24 bits per heavy atom. The molecule has 0 radical (unpaired) electrons. The molecule has 0 heterocycles. The van der Waals surface area contributed by atoms with Crippen LogP contribution in [-0.2, 0) is 0 Å². The van der Waals surface area contributed by atoms with E-state index in [1.165, 1.54) is 0 Å². The zero-order valence-electron chi connectivity index (χ0n) is 12.7. The molecular formula is C15H31NSi. The Morgan fingerprint density at radius 3 is 1.41 bits per heavy atom. The fourth-order valence-corrected chi connectivity index (χ4v) is 8.37. The molecule has 0 aromatic heterocycles. The van der Waals surface area contributed by atoms with Gasteiger partial charge < -0.3 is 4.57 Å². The van der Waals surface area contributed by atoms with Crippen molar-refractivity contribution in [2.24, 2.45) is 0 Å². The minimum absolute atomic E-state index is 0.601. The summed E-state index contributed by atoms with van der Waals surface area (Å²) in [6.07, 6.45) is 4.24. The first-order chi connectivity index (χ1) is 7.83. The Balaban J connectivity index is 5.48. The Morgan fingerprint density at radius 1 is 0.882 bits per heavy atom. The van der Waals surface area contributed by atoms with Gasteiger partial charge in [-0.15, -0.1) is 13.2 Å². The predicted octanol–water partition coefficient (Wildman–Crippen LogP) is 4.83. The lowest BCUT2D eigenvalue weighted by Crippen LogP contribution is -2.60. The van der Waals surface area contributed by atoms with Crippen LogP contribution in [0, 0.1) is 0 Å². The highest BCUT2D eigenvalue weighted by Gasteiger charge is 2.42. The van der Waals surface area contributed by atoms with Crippen LogP contribution in [0.2, 0.25) is 17.6 Å². The van der Waals surface area contributed by atoms with Crippen molar-refractivity contribution in [2.45, 2.75) is 71.3 Å². The van der Waals surface area contributed by atoms with E-state index in [0.717, 1.165) is 17.6 Å². The van der Waals surface area contributed by atoms with Gasteiger partial charge in [-0.3, -0.25) is 0 Å². The molecule has 0 spiro atoms. The first-order valence-corrected chi connectivity index (χ1v) is 9.27. The third-order valence-electron chi connectivity index (χ3n) is 3.70. The van der Waals surface area contributed by atoms with Crippen LogP contribution in [0.15, 0.2) is 25.3 Å². The summed E-state index contributed by atoms with van der Waals surface area (Å²) >= 11 is 0. The van der Waals surface area contributed by atoms with Crippen molar-refractivity contribution in [2.75, 3.05) is 0 Å². The molecule has 0 aliphatic heterocycles.